The second-order valence-corrected chi connectivity index (χ2v) is 5.26. The summed E-state index contributed by atoms with van der Waals surface area (Å²) in [7, 11) is -3.75. The van der Waals surface area contributed by atoms with E-state index in [2.05, 4.69) is 0 Å². The van der Waals surface area contributed by atoms with E-state index in [1.165, 1.54) is 0 Å². The molecule has 43 valence electrons. The van der Waals surface area contributed by atoms with Crippen LogP contribution in [-0.2, 0) is 0 Å². The molecule has 6 heteroatoms. The fourth-order valence-corrected chi connectivity index (χ4v) is 0. The van der Waals surface area contributed by atoms with Crippen molar-refractivity contribution in [3.63, 3.8) is 0 Å². The Morgan fingerprint density at radius 3 is 1.29 bits per heavy atom. The molecule has 0 aliphatic rings. The highest BCUT2D eigenvalue weighted by Gasteiger charge is 2.38. The summed E-state index contributed by atoms with van der Waals surface area (Å²) in [6.45, 7) is 0. The van der Waals surface area contributed by atoms with Crippen molar-refractivity contribution in [1.82, 2.24) is 0 Å². The van der Waals surface area contributed by atoms with Crippen molar-refractivity contribution in [1.29, 1.82) is 0 Å². The number of hydrogen-bond acceptors (Lipinski definition) is 0. The zero-order chi connectivity index (χ0) is 6.08. The normalized spacial score (nSPS) is 12.9. The molecule has 7 heavy (non-hydrogen) atoms. The van der Waals surface area contributed by atoms with Crippen molar-refractivity contribution in [2.75, 3.05) is 0 Å². The van der Waals surface area contributed by atoms with Gasteiger partial charge in [0, 0.05) is 0 Å². The first-order valence-corrected chi connectivity index (χ1v) is 3.58. The Morgan fingerprint density at radius 1 is 1.14 bits per heavy atom. The van der Waals surface area contributed by atoms with Crippen LogP contribution < -0.4 is 0 Å². The molecular weight excluding hydrogens is 184 g/mol. The van der Waals surface area contributed by atoms with E-state index < -0.39 is 12.9 Å². The van der Waals surface area contributed by atoms with Gasteiger partial charge in [-0.3, -0.25) is 8.22 Å². The standard InChI is InChI=1S/CCl3F2Si/c2-1(3,4)7(5)6. The Kier molecular flexibility index (Phi) is 2.82. The zero-order valence-electron chi connectivity index (χ0n) is 2.89. The quantitative estimate of drug-likeness (QED) is 0.308. The van der Waals surface area contributed by atoms with E-state index >= 15 is 0 Å². The third-order valence-electron chi connectivity index (χ3n) is 0.214. The first kappa shape index (κ1) is 7.95. The van der Waals surface area contributed by atoms with Gasteiger partial charge in [-0.2, -0.15) is 0 Å². The van der Waals surface area contributed by atoms with Crippen LogP contribution in [0.2, 0.25) is 0 Å². The van der Waals surface area contributed by atoms with E-state index in [0.717, 1.165) is 0 Å². The lowest BCUT2D eigenvalue weighted by molar-refractivity contribution is 0.658. The molecule has 0 unspecified atom stereocenters. The maximum Gasteiger partial charge on any atom is 0.529 e. The van der Waals surface area contributed by atoms with Crippen molar-refractivity contribution >= 4 is 44.3 Å². The Morgan fingerprint density at radius 2 is 1.29 bits per heavy atom. The van der Waals surface area contributed by atoms with Crippen molar-refractivity contribution in [3.8, 4) is 0 Å². The fourth-order valence-electron chi connectivity index (χ4n) is 0. The van der Waals surface area contributed by atoms with Gasteiger partial charge in [-0.15, -0.1) is 0 Å². The molecule has 0 fully saturated rings. The summed E-state index contributed by atoms with van der Waals surface area (Å²) in [6, 6.07) is 0. The van der Waals surface area contributed by atoms with Gasteiger partial charge in [0.05, 0.1) is 0 Å². The van der Waals surface area contributed by atoms with Crippen molar-refractivity contribution in [3.05, 3.63) is 0 Å². The molecule has 0 aliphatic carbocycles. The van der Waals surface area contributed by atoms with E-state index in [1.807, 2.05) is 0 Å². The average molecular weight is 184 g/mol. The minimum Gasteiger partial charge on any atom is -0.263 e. The Labute approximate surface area is 56.3 Å². The molecule has 0 saturated carbocycles. The predicted octanol–water partition coefficient (Wildman–Crippen LogP) is 2.32. The number of halogens is 5. The molecular formula is CCl3F2Si. The van der Waals surface area contributed by atoms with E-state index in [-0.39, 0.29) is 0 Å². The van der Waals surface area contributed by atoms with Gasteiger partial charge < -0.3 is 0 Å². The molecule has 0 aromatic rings. The van der Waals surface area contributed by atoms with Crippen LogP contribution in [0, 0.1) is 0 Å². The topological polar surface area (TPSA) is 0 Å². The minimum absolute atomic E-state index is 2.31. The van der Waals surface area contributed by atoms with Crippen LogP contribution in [0.3, 0.4) is 0 Å². The molecule has 0 aliphatic heterocycles. The summed E-state index contributed by atoms with van der Waals surface area (Å²) in [5, 5.41) is 0. The fraction of sp³-hybridized carbons (Fsp3) is 1.00. The van der Waals surface area contributed by atoms with Gasteiger partial charge in [-0.25, -0.2) is 0 Å². The molecule has 0 rings (SSSR count). The van der Waals surface area contributed by atoms with Gasteiger partial charge in [-0.1, -0.05) is 34.8 Å². The first-order chi connectivity index (χ1) is 2.94. The van der Waals surface area contributed by atoms with Crippen LogP contribution in [0.4, 0.5) is 8.22 Å². The summed E-state index contributed by atoms with van der Waals surface area (Å²) in [6.07, 6.45) is 0. The predicted molar refractivity (Wildman–Crippen MR) is 28.3 cm³/mol. The van der Waals surface area contributed by atoms with Crippen molar-refractivity contribution in [2.45, 2.75) is 3.42 Å². The number of hydrogen-bond donors (Lipinski definition) is 0. The smallest absolute Gasteiger partial charge is 0.263 e. The maximum absolute atomic E-state index is 11.2. The third-order valence-corrected chi connectivity index (χ3v) is 1.93. The van der Waals surface area contributed by atoms with Crippen LogP contribution in [0.5, 0.6) is 0 Å². The summed E-state index contributed by atoms with van der Waals surface area (Å²) >= 11 is 14.1. The Balaban J connectivity index is 3.54. The monoisotopic (exact) mass is 183 g/mol. The molecule has 0 N–H and O–H groups in total. The summed E-state index contributed by atoms with van der Waals surface area (Å²) in [5.74, 6) is 0. The van der Waals surface area contributed by atoms with E-state index in [0.29, 0.717) is 0 Å². The van der Waals surface area contributed by atoms with E-state index in [1.54, 1.807) is 0 Å². The SMILES string of the molecule is F[Si](F)C(Cl)(Cl)Cl. The first-order valence-electron chi connectivity index (χ1n) is 1.19. The second-order valence-electron chi connectivity index (χ2n) is 0.758. The second kappa shape index (κ2) is 2.48. The van der Waals surface area contributed by atoms with Gasteiger partial charge in [0.2, 0.25) is 3.42 Å². The molecule has 0 spiro atoms. The molecule has 1 radical (unpaired) electrons. The van der Waals surface area contributed by atoms with Crippen LogP contribution in [0.15, 0.2) is 0 Å². The van der Waals surface area contributed by atoms with Gasteiger partial charge >= 0.3 is 9.46 Å². The number of rotatable bonds is 0. The summed E-state index contributed by atoms with van der Waals surface area (Å²) < 4.78 is 20.2. The zero-order valence-corrected chi connectivity index (χ0v) is 6.16. The molecule has 0 heterocycles. The van der Waals surface area contributed by atoms with Crippen LogP contribution in [0.25, 0.3) is 0 Å². The highest BCUT2D eigenvalue weighted by atomic mass is 35.6. The Hall–Kier alpha value is 0.947. The number of alkyl halides is 3. The highest BCUT2D eigenvalue weighted by Crippen LogP contribution is 2.29. The van der Waals surface area contributed by atoms with Gasteiger partial charge in [-0.05, 0) is 0 Å². The molecule has 0 aromatic carbocycles. The maximum atomic E-state index is 11.2. The molecule has 0 nitrogen and oxygen atoms in total. The van der Waals surface area contributed by atoms with Crippen LogP contribution in [-0.4, -0.2) is 12.9 Å². The van der Waals surface area contributed by atoms with Crippen molar-refractivity contribution in [2.24, 2.45) is 0 Å². The third kappa shape index (κ3) is 3.52. The van der Waals surface area contributed by atoms with Gasteiger partial charge in [0.1, 0.15) is 0 Å². The van der Waals surface area contributed by atoms with E-state index in [9.17, 15) is 8.22 Å². The summed E-state index contributed by atoms with van der Waals surface area (Å²) in [4.78, 5) is 0. The molecule has 0 atom stereocenters. The molecule has 0 saturated heterocycles. The lowest BCUT2D eigenvalue weighted by atomic mass is 11.8. The average Bonchev–Trinajstić information content (AvgIpc) is 1.31. The Bertz CT molecular complexity index is 58.4. The summed E-state index contributed by atoms with van der Waals surface area (Å²) in [5.41, 5.74) is 0. The van der Waals surface area contributed by atoms with Gasteiger partial charge in [0.15, 0.2) is 0 Å². The van der Waals surface area contributed by atoms with Crippen molar-refractivity contribution < 1.29 is 8.22 Å². The molecule has 0 amide bonds. The molecule has 0 bridgehead atoms. The lowest BCUT2D eigenvalue weighted by Gasteiger charge is -2.02. The minimum atomic E-state index is -3.75. The van der Waals surface area contributed by atoms with E-state index in [4.69, 9.17) is 34.8 Å². The molecule has 0 aromatic heterocycles. The van der Waals surface area contributed by atoms with Gasteiger partial charge in [0.25, 0.3) is 0 Å². The lowest BCUT2D eigenvalue weighted by Crippen LogP contribution is -2.20. The van der Waals surface area contributed by atoms with Crippen LogP contribution >= 0.6 is 34.8 Å². The van der Waals surface area contributed by atoms with Crippen LogP contribution in [0.1, 0.15) is 0 Å². The highest BCUT2D eigenvalue weighted by molar-refractivity contribution is 6.89. The largest absolute Gasteiger partial charge is 0.529 e.